The van der Waals surface area contributed by atoms with Gasteiger partial charge < -0.3 is 14.4 Å². The fraction of sp³-hybridized carbons (Fsp3) is 0.200. The SMILES string of the molecule is COc1cccc(CN(Cc2ccccc2)C(=O)[C@@H](OC(C)=O)c2ccccc2)c1. The van der Waals surface area contributed by atoms with Crippen molar-refractivity contribution in [2.75, 3.05) is 7.11 Å². The van der Waals surface area contributed by atoms with E-state index in [0.29, 0.717) is 18.7 Å². The average Bonchev–Trinajstić information content (AvgIpc) is 2.78. The molecule has 154 valence electrons. The fourth-order valence-corrected chi connectivity index (χ4v) is 3.23. The Hall–Kier alpha value is -3.60. The number of esters is 1. The smallest absolute Gasteiger partial charge is 0.303 e. The molecule has 5 heteroatoms. The summed E-state index contributed by atoms with van der Waals surface area (Å²) in [6.45, 7) is 2.06. The Balaban J connectivity index is 1.93. The lowest BCUT2D eigenvalue weighted by Crippen LogP contribution is -2.36. The normalized spacial score (nSPS) is 11.4. The lowest BCUT2D eigenvalue weighted by molar-refractivity contribution is -0.160. The Morgan fingerprint density at radius 3 is 2.07 bits per heavy atom. The highest BCUT2D eigenvalue weighted by Crippen LogP contribution is 2.24. The third-order valence-electron chi connectivity index (χ3n) is 4.65. The van der Waals surface area contributed by atoms with E-state index in [0.717, 1.165) is 16.9 Å². The maximum atomic E-state index is 13.6. The van der Waals surface area contributed by atoms with E-state index in [2.05, 4.69) is 0 Å². The van der Waals surface area contributed by atoms with Gasteiger partial charge in [-0.3, -0.25) is 9.59 Å². The highest BCUT2D eigenvalue weighted by Gasteiger charge is 2.29. The van der Waals surface area contributed by atoms with Crippen LogP contribution in [0.4, 0.5) is 0 Å². The van der Waals surface area contributed by atoms with Gasteiger partial charge in [0.25, 0.3) is 5.91 Å². The van der Waals surface area contributed by atoms with Gasteiger partial charge in [0.2, 0.25) is 6.10 Å². The molecule has 3 aromatic carbocycles. The van der Waals surface area contributed by atoms with Crippen LogP contribution in [0.5, 0.6) is 5.75 Å². The number of nitrogens with zero attached hydrogens (tertiary/aromatic N) is 1. The molecule has 0 aliphatic rings. The number of ether oxygens (including phenoxy) is 2. The maximum Gasteiger partial charge on any atom is 0.303 e. The first kappa shape index (κ1) is 21.1. The molecule has 0 saturated carbocycles. The van der Waals surface area contributed by atoms with Gasteiger partial charge in [0.15, 0.2) is 0 Å². The first-order valence-corrected chi connectivity index (χ1v) is 9.74. The molecule has 3 rings (SSSR count). The average molecular weight is 403 g/mol. The van der Waals surface area contributed by atoms with Crippen LogP contribution < -0.4 is 4.74 Å². The molecule has 0 heterocycles. The van der Waals surface area contributed by atoms with Crippen molar-refractivity contribution in [3.05, 3.63) is 102 Å². The van der Waals surface area contributed by atoms with Gasteiger partial charge in [0, 0.05) is 25.6 Å². The molecular formula is C25H25NO4. The minimum absolute atomic E-state index is 0.275. The maximum absolute atomic E-state index is 13.6. The van der Waals surface area contributed by atoms with Crippen LogP contribution in [0.1, 0.15) is 29.7 Å². The van der Waals surface area contributed by atoms with Gasteiger partial charge in [-0.15, -0.1) is 0 Å². The number of carbonyl (C=O) groups is 2. The van der Waals surface area contributed by atoms with Crippen LogP contribution in [0.25, 0.3) is 0 Å². The second-order valence-corrected chi connectivity index (χ2v) is 6.93. The fourth-order valence-electron chi connectivity index (χ4n) is 3.23. The summed E-state index contributed by atoms with van der Waals surface area (Å²) in [6.07, 6.45) is -1.00. The van der Waals surface area contributed by atoms with Crippen LogP contribution in [0.3, 0.4) is 0 Å². The second kappa shape index (κ2) is 10.3. The van der Waals surface area contributed by atoms with Gasteiger partial charge in [0.05, 0.1) is 7.11 Å². The van der Waals surface area contributed by atoms with E-state index in [4.69, 9.17) is 9.47 Å². The van der Waals surface area contributed by atoms with Crippen molar-refractivity contribution in [1.29, 1.82) is 0 Å². The van der Waals surface area contributed by atoms with Crippen molar-refractivity contribution in [2.45, 2.75) is 26.1 Å². The topological polar surface area (TPSA) is 55.8 Å². The number of hydrogen-bond acceptors (Lipinski definition) is 4. The highest BCUT2D eigenvalue weighted by atomic mass is 16.5. The predicted molar refractivity (Wildman–Crippen MR) is 115 cm³/mol. The van der Waals surface area contributed by atoms with Crippen LogP contribution in [0, 0.1) is 0 Å². The molecule has 0 saturated heterocycles. The van der Waals surface area contributed by atoms with E-state index >= 15 is 0 Å². The summed E-state index contributed by atoms with van der Waals surface area (Å²) in [4.78, 5) is 27.0. The van der Waals surface area contributed by atoms with Crippen LogP contribution in [0.15, 0.2) is 84.9 Å². The monoisotopic (exact) mass is 403 g/mol. The number of benzene rings is 3. The zero-order valence-corrected chi connectivity index (χ0v) is 17.2. The molecule has 0 fully saturated rings. The first-order chi connectivity index (χ1) is 14.6. The van der Waals surface area contributed by atoms with Gasteiger partial charge in [-0.25, -0.2) is 0 Å². The van der Waals surface area contributed by atoms with Gasteiger partial charge in [-0.1, -0.05) is 72.8 Å². The molecule has 0 aromatic heterocycles. The van der Waals surface area contributed by atoms with Crippen molar-refractivity contribution >= 4 is 11.9 Å². The Morgan fingerprint density at radius 2 is 1.43 bits per heavy atom. The summed E-state index contributed by atoms with van der Waals surface area (Å²) in [5, 5.41) is 0. The summed E-state index contributed by atoms with van der Waals surface area (Å²) in [5.74, 6) is -0.0551. The molecule has 0 bridgehead atoms. The van der Waals surface area contributed by atoms with Crippen LogP contribution >= 0.6 is 0 Å². The molecule has 3 aromatic rings. The Kier molecular flexibility index (Phi) is 7.22. The zero-order chi connectivity index (χ0) is 21.3. The van der Waals surface area contributed by atoms with E-state index in [9.17, 15) is 9.59 Å². The Morgan fingerprint density at radius 1 is 0.833 bits per heavy atom. The minimum atomic E-state index is -1.00. The zero-order valence-electron chi connectivity index (χ0n) is 17.2. The number of methoxy groups -OCH3 is 1. The quantitative estimate of drug-likeness (QED) is 0.519. The second-order valence-electron chi connectivity index (χ2n) is 6.93. The predicted octanol–water partition coefficient (Wildman–Crippen LogP) is 4.53. The van der Waals surface area contributed by atoms with Crippen LogP contribution in [0.2, 0.25) is 0 Å². The number of hydrogen-bond donors (Lipinski definition) is 0. The molecule has 0 N–H and O–H groups in total. The van der Waals surface area contributed by atoms with Crippen molar-refractivity contribution < 1.29 is 19.1 Å². The van der Waals surface area contributed by atoms with E-state index in [-0.39, 0.29) is 5.91 Å². The molecule has 5 nitrogen and oxygen atoms in total. The molecule has 0 unspecified atom stereocenters. The third kappa shape index (κ3) is 5.70. The number of carbonyl (C=O) groups excluding carboxylic acids is 2. The first-order valence-electron chi connectivity index (χ1n) is 9.74. The number of amides is 1. The van der Waals surface area contributed by atoms with E-state index in [1.165, 1.54) is 6.92 Å². The summed E-state index contributed by atoms with van der Waals surface area (Å²) in [5.41, 5.74) is 2.55. The van der Waals surface area contributed by atoms with Gasteiger partial charge in [-0.05, 0) is 23.3 Å². The summed E-state index contributed by atoms with van der Waals surface area (Å²) >= 11 is 0. The van der Waals surface area contributed by atoms with Gasteiger partial charge in [0.1, 0.15) is 5.75 Å². The Labute approximate surface area is 176 Å². The molecular weight excluding hydrogens is 378 g/mol. The largest absolute Gasteiger partial charge is 0.497 e. The molecule has 1 atom stereocenters. The van der Waals surface area contributed by atoms with Crippen molar-refractivity contribution in [3.8, 4) is 5.75 Å². The lowest BCUT2D eigenvalue weighted by Gasteiger charge is -2.28. The van der Waals surface area contributed by atoms with E-state index < -0.39 is 12.1 Å². The lowest BCUT2D eigenvalue weighted by atomic mass is 10.1. The number of rotatable bonds is 8. The summed E-state index contributed by atoms with van der Waals surface area (Å²) < 4.78 is 10.8. The standard InChI is InChI=1S/C25H25NO4/c1-19(27)30-24(22-13-7-4-8-14-22)25(28)26(17-20-10-5-3-6-11-20)18-21-12-9-15-23(16-21)29-2/h3-16,24H,17-18H2,1-2H3/t24-/m0/s1. The Bertz CT molecular complexity index is 973. The van der Waals surface area contributed by atoms with Crippen molar-refractivity contribution in [3.63, 3.8) is 0 Å². The molecule has 0 spiro atoms. The highest BCUT2D eigenvalue weighted by molar-refractivity contribution is 5.84. The van der Waals surface area contributed by atoms with Crippen molar-refractivity contribution in [2.24, 2.45) is 0 Å². The molecule has 1 amide bonds. The summed E-state index contributed by atoms with van der Waals surface area (Å²) in [7, 11) is 1.61. The minimum Gasteiger partial charge on any atom is -0.497 e. The van der Waals surface area contributed by atoms with Crippen LogP contribution in [-0.2, 0) is 27.4 Å². The summed E-state index contributed by atoms with van der Waals surface area (Å²) in [6, 6.07) is 26.4. The molecule has 30 heavy (non-hydrogen) atoms. The molecule has 0 aliphatic heterocycles. The van der Waals surface area contributed by atoms with Gasteiger partial charge >= 0.3 is 5.97 Å². The third-order valence-corrected chi connectivity index (χ3v) is 4.65. The van der Waals surface area contributed by atoms with Crippen molar-refractivity contribution in [1.82, 2.24) is 4.90 Å². The molecule has 0 aliphatic carbocycles. The van der Waals surface area contributed by atoms with E-state index in [1.54, 1.807) is 24.1 Å². The molecule has 0 radical (unpaired) electrons. The van der Waals surface area contributed by atoms with Gasteiger partial charge in [-0.2, -0.15) is 0 Å². The van der Waals surface area contributed by atoms with E-state index in [1.807, 2.05) is 72.8 Å². The van der Waals surface area contributed by atoms with Crippen LogP contribution in [-0.4, -0.2) is 23.9 Å².